The lowest BCUT2D eigenvalue weighted by Gasteiger charge is -2.11. The van der Waals surface area contributed by atoms with Gasteiger partial charge in [-0.3, -0.25) is 4.79 Å². The van der Waals surface area contributed by atoms with Crippen molar-refractivity contribution in [1.82, 2.24) is 15.1 Å². The first-order valence-electron chi connectivity index (χ1n) is 9.16. The van der Waals surface area contributed by atoms with E-state index in [2.05, 4.69) is 10.4 Å². The molecule has 3 aromatic rings. The number of hydrogen-bond donors (Lipinski definition) is 1. The molecule has 29 heavy (non-hydrogen) atoms. The van der Waals surface area contributed by atoms with Crippen LogP contribution in [0.2, 0.25) is 5.02 Å². The van der Waals surface area contributed by atoms with Crippen molar-refractivity contribution in [2.24, 2.45) is 0 Å². The summed E-state index contributed by atoms with van der Waals surface area (Å²) in [6, 6.07) is 13.2. The minimum absolute atomic E-state index is 0.204. The second-order valence-corrected chi connectivity index (χ2v) is 6.54. The van der Waals surface area contributed by atoms with Gasteiger partial charge in [-0.1, -0.05) is 23.7 Å². The van der Waals surface area contributed by atoms with Crippen molar-refractivity contribution < 1.29 is 14.3 Å². The Morgan fingerprint density at radius 3 is 2.72 bits per heavy atom. The van der Waals surface area contributed by atoms with Crippen LogP contribution in [0.25, 0.3) is 11.8 Å². The van der Waals surface area contributed by atoms with Crippen molar-refractivity contribution in [3.8, 4) is 17.2 Å². The average Bonchev–Trinajstić information content (AvgIpc) is 3.27. The molecule has 0 aliphatic rings. The van der Waals surface area contributed by atoms with Crippen LogP contribution in [0.1, 0.15) is 18.1 Å². The minimum Gasteiger partial charge on any atom is -0.493 e. The summed E-state index contributed by atoms with van der Waals surface area (Å²) in [5.74, 6) is 0.818. The molecule has 1 N–H and O–H groups in total. The number of ether oxygens (including phenoxy) is 2. The van der Waals surface area contributed by atoms with Gasteiger partial charge in [0.15, 0.2) is 11.5 Å². The van der Waals surface area contributed by atoms with Crippen LogP contribution in [0.3, 0.4) is 0 Å². The number of methoxy groups -OCH3 is 1. The summed E-state index contributed by atoms with van der Waals surface area (Å²) in [7, 11) is 1.55. The zero-order valence-electron chi connectivity index (χ0n) is 16.3. The van der Waals surface area contributed by atoms with E-state index in [1.54, 1.807) is 36.2 Å². The van der Waals surface area contributed by atoms with E-state index in [-0.39, 0.29) is 5.91 Å². The second kappa shape index (κ2) is 9.80. The van der Waals surface area contributed by atoms with Crippen molar-refractivity contribution in [2.75, 3.05) is 13.7 Å². The Bertz CT molecular complexity index is 983. The Balaban J connectivity index is 1.59. The molecule has 6 nitrogen and oxygen atoms in total. The van der Waals surface area contributed by atoms with Crippen LogP contribution in [-0.4, -0.2) is 29.4 Å². The zero-order valence-corrected chi connectivity index (χ0v) is 17.0. The summed E-state index contributed by atoms with van der Waals surface area (Å²) in [5.41, 5.74) is 2.70. The van der Waals surface area contributed by atoms with Gasteiger partial charge in [0.25, 0.3) is 0 Å². The summed E-state index contributed by atoms with van der Waals surface area (Å²) in [6.45, 7) is 2.78. The summed E-state index contributed by atoms with van der Waals surface area (Å²) in [5, 5.41) is 7.48. The van der Waals surface area contributed by atoms with E-state index in [1.165, 1.54) is 6.08 Å². The molecule has 150 valence electrons. The Hall–Kier alpha value is -3.25. The van der Waals surface area contributed by atoms with Gasteiger partial charge in [0, 0.05) is 25.0 Å². The molecule has 3 rings (SSSR count). The van der Waals surface area contributed by atoms with E-state index < -0.39 is 0 Å². The third-order valence-corrected chi connectivity index (χ3v) is 4.42. The zero-order chi connectivity index (χ0) is 20.6. The quantitative estimate of drug-likeness (QED) is 0.562. The van der Waals surface area contributed by atoms with Gasteiger partial charge in [0.05, 0.1) is 24.4 Å². The van der Waals surface area contributed by atoms with Crippen LogP contribution in [0.4, 0.5) is 0 Å². The molecule has 0 radical (unpaired) electrons. The fourth-order valence-corrected chi connectivity index (χ4v) is 3.00. The van der Waals surface area contributed by atoms with Crippen molar-refractivity contribution >= 4 is 23.6 Å². The molecular formula is C22H22ClN3O3. The van der Waals surface area contributed by atoms with Gasteiger partial charge in [-0.2, -0.15) is 5.10 Å². The van der Waals surface area contributed by atoms with E-state index in [4.69, 9.17) is 21.1 Å². The second-order valence-electron chi connectivity index (χ2n) is 6.14. The Labute approximate surface area is 174 Å². The normalized spacial score (nSPS) is 10.9. The molecule has 1 heterocycles. The number of benzene rings is 2. The topological polar surface area (TPSA) is 65.4 Å². The van der Waals surface area contributed by atoms with Crippen molar-refractivity contribution in [2.45, 2.75) is 13.5 Å². The van der Waals surface area contributed by atoms with E-state index >= 15 is 0 Å². The third-order valence-electron chi connectivity index (χ3n) is 4.14. The molecular weight excluding hydrogens is 390 g/mol. The number of carbonyl (C=O) groups is 1. The van der Waals surface area contributed by atoms with Gasteiger partial charge >= 0.3 is 0 Å². The first kappa shape index (κ1) is 20.5. The standard InChI is InChI=1S/C22H22ClN3O3/c1-3-29-22-19(23)13-17(14-20(22)28-2)7-10-21(27)24-15-16-5-8-18(9-6-16)26-12-4-11-25-26/h4-14H,3,15H2,1-2H3,(H,24,27)/b10-7+. The predicted molar refractivity (Wildman–Crippen MR) is 114 cm³/mol. The van der Waals surface area contributed by atoms with Crippen LogP contribution < -0.4 is 14.8 Å². The fourth-order valence-electron chi connectivity index (χ4n) is 2.73. The van der Waals surface area contributed by atoms with Gasteiger partial charge in [-0.25, -0.2) is 4.68 Å². The summed E-state index contributed by atoms with van der Waals surface area (Å²) in [6.07, 6.45) is 6.75. The molecule has 0 fully saturated rings. The maximum Gasteiger partial charge on any atom is 0.244 e. The molecule has 2 aromatic carbocycles. The fraction of sp³-hybridized carbons (Fsp3) is 0.182. The Kier molecular flexibility index (Phi) is 6.92. The number of amides is 1. The van der Waals surface area contributed by atoms with Gasteiger partial charge in [0.1, 0.15) is 0 Å². The SMILES string of the molecule is CCOc1c(Cl)cc(/C=C/C(=O)NCc2ccc(-n3cccn3)cc2)cc1OC. The lowest BCUT2D eigenvalue weighted by Crippen LogP contribution is -2.20. The first-order chi connectivity index (χ1) is 14.1. The molecule has 0 saturated carbocycles. The van der Waals surface area contributed by atoms with Crippen LogP contribution >= 0.6 is 11.6 Å². The first-order valence-corrected chi connectivity index (χ1v) is 9.53. The number of aromatic nitrogens is 2. The highest BCUT2D eigenvalue weighted by Crippen LogP contribution is 2.36. The molecule has 0 bridgehead atoms. The summed E-state index contributed by atoms with van der Waals surface area (Å²) < 4.78 is 12.6. The van der Waals surface area contributed by atoms with E-state index in [0.717, 1.165) is 16.8 Å². The molecule has 0 unspecified atom stereocenters. The molecule has 0 atom stereocenters. The molecule has 0 spiro atoms. The number of nitrogens with one attached hydrogen (secondary N) is 1. The molecule has 7 heteroatoms. The highest BCUT2D eigenvalue weighted by Gasteiger charge is 2.10. The van der Waals surface area contributed by atoms with Gasteiger partial charge in [0.2, 0.25) is 5.91 Å². The number of hydrogen-bond acceptors (Lipinski definition) is 4. The number of nitrogens with zero attached hydrogens (tertiary/aromatic N) is 2. The Morgan fingerprint density at radius 1 is 1.28 bits per heavy atom. The van der Waals surface area contributed by atoms with Crippen molar-refractivity contribution in [3.63, 3.8) is 0 Å². The number of halogens is 1. The van der Waals surface area contributed by atoms with Gasteiger partial charge in [-0.05, 0) is 54.5 Å². The molecule has 1 aromatic heterocycles. The number of rotatable bonds is 8. The molecule has 1 amide bonds. The van der Waals surface area contributed by atoms with Gasteiger partial charge < -0.3 is 14.8 Å². The lowest BCUT2D eigenvalue weighted by atomic mass is 10.1. The highest BCUT2D eigenvalue weighted by molar-refractivity contribution is 6.32. The smallest absolute Gasteiger partial charge is 0.244 e. The maximum atomic E-state index is 12.2. The third kappa shape index (κ3) is 5.39. The summed E-state index contributed by atoms with van der Waals surface area (Å²) >= 11 is 6.25. The largest absolute Gasteiger partial charge is 0.493 e. The van der Waals surface area contributed by atoms with Crippen LogP contribution in [0, 0.1) is 0 Å². The van der Waals surface area contributed by atoms with E-state index in [1.807, 2.05) is 43.5 Å². The number of carbonyl (C=O) groups excluding carboxylic acids is 1. The summed E-state index contributed by atoms with van der Waals surface area (Å²) in [4.78, 5) is 12.2. The molecule has 0 aliphatic heterocycles. The average molecular weight is 412 g/mol. The van der Waals surface area contributed by atoms with Crippen LogP contribution in [0.5, 0.6) is 11.5 Å². The van der Waals surface area contributed by atoms with Crippen molar-refractivity contribution in [3.05, 3.63) is 77.1 Å². The monoisotopic (exact) mass is 411 g/mol. The van der Waals surface area contributed by atoms with Gasteiger partial charge in [-0.15, -0.1) is 0 Å². The highest BCUT2D eigenvalue weighted by atomic mass is 35.5. The minimum atomic E-state index is -0.204. The van der Waals surface area contributed by atoms with E-state index in [9.17, 15) is 4.79 Å². The Morgan fingerprint density at radius 2 is 2.07 bits per heavy atom. The molecule has 0 saturated heterocycles. The van der Waals surface area contributed by atoms with Crippen molar-refractivity contribution in [1.29, 1.82) is 0 Å². The van der Waals surface area contributed by atoms with Crippen LogP contribution in [-0.2, 0) is 11.3 Å². The van der Waals surface area contributed by atoms with Crippen LogP contribution in [0.15, 0.2) is 60.9 Å². The van der Waals surface area contributed by atoms with E-state index in [0.29, 0.717) is 29.7 Å². The molecule has 0 aliphatic carbocycles. The maximum absolute atomic E-state index is 12.2. The predicted octanol–water partition coefficient (Wildman–Crippen LogP) is 4.26. The lowest BCUT2D eigenvalue weighted by molar-refractivity contribution is -0.116.